The Balaban J connectivity index is 1.71. The molecular weight excluding hydrogens is 284 g/mol. The van der Waals surface area contributed by atoms with E-state index < -0.39 is 0 Å². The second-order valence-electron chi connectivity index (χ2n) is 7.57. The van der Waals surface area contributed by atoms with Crippen LogP contribution in [0.2, 0.25) is 0 Å². The lowest BCUT2D eigenvalue weighted by atomic mass is 9.67. The van der Waals surface area contributed by atoms with Crippen molar-refractivity contribution in [3.63, 3.8) is 0 Å². The molecule has 0 bridgehead atoms. The minimum Gasteiger partial charge on any atom is -0.461 e. The first-order valence-electron chi connectivity index (χ1n) is 8.49. The van der Waals surface area contributed by atoms with Crippen LogP contribution in [-0.2, 0) is 14.9 Å². The van der Waals surface area contributed by atoms with Gasteiger partial charge >= 0.3 is 5.97 Å². The quantitative estimate of drug-likeness (QED) is 0.756. The first kappa shape index (κ1) is 16.0. The molecule has 23 heavy (non-hydrogen) atoms. The van der Waals surface area contributed by atoms with Gasteiger partial charge in [0.25, 0.3) is 0 Å². The number of benzene rings is 1. The summed E-state index contributed by atoms with van der Waals surface area (Å²) in [5.41, 5.74) is 2.17. The molecule has 0 aromatic heterocycles. The molecule has 2 heteroatoms. The number of rotatable bonds is 4. The number of allylic oxidation sites excluding steroid dienone is 3. The molecule has 0 heterocycles. The maximum absolute atomic E-state index is 12.3. The Morgan fingerprint density at radius 1 is 1.22 bits per heavy atom. The molecule has 4 atom stereocenters. The average molecular weight is 310 g/mol. The van der Waals surface area contributed by atoms with E-state index in [0.29, 0.717) is 18.4 Å². The van der Waals surface area contributed by atoms with E-state index in [0.717, 1.165) is 6.42 Å². The summed E-state index contributed by atoms with van der Waals surface area (Å²) in [6.45, 7) is 8.99. The van der Waals surface area contributed by atoms with Gasteiger partial charge < -0.3 is 4.74 Å². The topological polar surface area (TPSA) is 26.3 Å². The third-order valence-corrected chi connectivity index (χ3v) is 6.10. The predicted octanol–water partition coefficient (Wildman–Crippen LogP) is 4.67. The normalized spacial score (nSPS) is 35.6. The van der Waals surface area contributed by atoms with E-state index >= 15 is 0 Å². The molecule has 0 N–H and O–H groups in total. The minimum atomic E-state index is -0.253. The minimum absolute atomic E-state index is 0.0472. The summed E-state index contributed by atoms with van der Waals surface area (Å²) in [5.74, 6) is 0.698. The molecule has 122 valence electrons. The largest absolute Gasteiger partial charge is 0.461 e. The summed E-state index contributed by atoms with van der Waals surface area (Å²) in [4.78, 5) is 12.3. The van der Waals surface area contributed by atoms with Crippen molar-refractivity contribution < 1.29 is 9.53 Å². The molecule has 1 saturated carbocycles. The maximum Gasteiger partial charge on any atom is 0.312 e. The van der Waals surface area contributed by atoms with Crippen LogP contribution in [-0.4, -0.2) is 12.6 Å². The van der Waals surface area contributed by atoms with E-state index in [-0.39, 0.29) is 16.8 Å². The van der Waals surface area contributed by atoms with Crippen molar-refractivity contribution in [2.24, 2.45) is 17.3 Å². The number of carbonyl (C=O) groups excluding carboxylic acids is 1. The zero-order valence-corrected chi connectivity index (χ0v) is 14.5. The van der Waals surface area contributed by atoms with Crippen LogP contribution in [0.3, 0.4) is 0 Å². The molecule has 2 nitrogen and oxygen atoms in total. The lowest BCUT2D eigenvalue weighted by molar-refractivity contribution is -0.149. The van der Waals surface area contributed by atoms with Crippen LogP contribution in [0.4, 0.5) is 0 Å². The number of esters is 1. The van der Waals surface area contributed by atoms with Crippen molar-refractivity contribution in [2.75, 3.05) is 6.61 Å². The molecule has 2 aliphatic carbocycles. The Morgan fingerprint density at radius 3 is 2.48 bits per heavy atom. The van der Waals surface area contributed by atoms with Gasteiger partial charge in [-0.1, -0.05) is 69.3 Å². The fraction of sp³-hybridized carbons (Fsp3) is 0.476. The summed E-state index contributed by atoms with van der Waals surface area (Å²) < 4.78 is 5.64. The number of carbonyl (C=O) groups is 1. The fourth-order valence-electron chi connectivity index (χ4n) is 3.54. The summed E-state index contributed by atoms with van der Waals surface area (Å²) in [5, 5.41) is 0. The van der Waals surface area contributed by atoms with E-state index in [1.54, 1.807) is 0 Å². The van der Waals surface area contributed by atoms with Crippen molar-refractivity contribution in [2.45, 2.75) is 39.5 Å². The SMILES string of the molecule is CC1CC1(C)C(=O)OCC1=CC=CC(C)(c2ccccc2)C1C. The Labute approximate surface area is 139 Å². The van der Waals surface area contributed by atoms with Crippen LogP contribution in [0.25, 0.3) is 0 Å². The van der Waals surface area contributed by atoms with Gasteiger partial charge in [-0.05, 0) is 36.3 Å². The van der Waals surface area contributed by atoms with Gasteiger partial charge in [-0.25, -0.2) is 0 Å². The molecule has 4 unspecified atom stereocenters. The van der Waals surface area contributed by atoms with Gasteiger partial charge in [0.2, 0.25) is 0 Å². The molecule has 0 saturated heterocycles. The monoisotopic (exact) mass is 310 g/mol. The van der Waals surface area contributed by atoms with Gasteiger partial charge in [0.1, 0.15) is 6.61 Å². The number of hydrogen-bond acceptors (Lipinski definition) is 2. The van der Waals surface area contributed by atoms with Crippen LogP contribution in [0.5, 0.6) is 0 Å². The zero-order valence-electron chi connectivity index (χ0n) is 14.5. The predicted molar refractivity (Wildman–Crippen MR) is 93.0 cm³/mol. The zero-order chi connectivity index (χ0) is 16.7. The molecule has 0 radical (unpaired) electrons. The van der Waals surface area contributed by atoms with E-state index in [9.17, 15) is 4.79 Å². The first-order valence-corrected chi connectivity index (χ1v) is 8.49. The fourth-order valence-corrected chi connectivity index (χ4v) is 3.54. The van der Waals surface area contributed by atoms with E-state index in [2.05, 4.69) is 63.3 Å². The highest BCUT2D eigenvalue weighted by Gasteiger charge is 2.54. The third kappa shape index (κ3) is 2.75. The van der Waals surface area contributed by atoms with E-state index in [1.807, 2.05) is 13.0 Å². The van der Waals surface area contributed by atoms with Gasteiger partial charge in [0.05, 0.1) is 5.41 Å². The van der Waals surface area contributed by atoms with Crippen LogP contribution >= 0.6 is 0 Å². The van der Waals surface area contributed by atoms with Crippen molar-refractivity contribution in [3.8, 4) is 0 Å². The standard InChI is InChI=1S/C21H26O2/c1-15-13-21(15,4)19(22)23-14-17-9-8-12-20(3,16(17)2)18-10-6-5-7-11-18/h5-12,15-16H,13-14H2,1-4H3. The average Bonchev–Trinajstić information content (AvgIpc) is 3.18. The highest BCUT2D eigenvalue weighted by molar-refractivity contribution is 5.80. The molecule has 2 aliphatic rings. The Kier molecular flexibility index (Phi) is 3.95. The van der Waals surface area contributed by atoms with Gasteiger partial charge in [-0.3, -0.25) is 4.79 Å². The van der Waals surface area contributed by atoms with Crippen LogP contribution < -0.4 is 0 Å². The lowest BCUT2D eigenvalue weighted by Gasteiger charge is -2.37. The maximum atomic E-state index is 12.3. The highest BCUT2D eigenvalue weighted by atomic mass is 16.5. The molecule has 0 amide bonds. The van der Waals surface area contributed by atoms with Gasteiger partial charge in [0, 0.05) is 5.41 Å². The Morgan fingerprint density at radius 2 is 1.87 bits per heavy atom. The van der Waals surface area contributed by atoms with Crippen molar-refractivity contribution in [1.82, 2.24) is 0 Å². The van der Waals surface area contributed by atoms with Crippen LogP contribution in [0.1, 0.15) is 39.7 Å². The molecule has 0 spiro atoms. The van der Waals surface area contributed by atoms with Crippen molar-refractivity contribution in [3.05, 3.63) is 59.7 Å². The smallest absolute Gasteiger partial charge is 0.312 e. The Hall–Kier alpha value is -1.83. The molecule has 1 aromatic rings. The van der Waals surface area contributed by atoms with Gasteiger partial charge in [-0.15, -0.1) is 0 Å². The summed E-state index contributed by atoms with van der Waals surface area (Å²) in [6, 6.07) is 10.5. The third-order valence-electron chi connectivity index (χ3n) is 6.10. The molecule has 1 fully saturated rings. The lowest BCUT2D eigenvalue weighted by Crippen LogP contribution is -2.33. The van der Waals surface area contributed by atoms with Crippen molar-refractivity contribution in [1.29, 1.82) is 0 Å². The Bertz CT molecular complexity index is 658. The van der Waals surface area contributed by atoms with Crippen LogP contribution in [0, 0.1) is 17.3 Å². The summed E-state index contributed by atoms with van der Waals surface area (Å²) >= 11 is 0. The molecule has 1 aromatic carbocycles. The van der Waals surface area contributed by atoms with E-state index in [4.69, 9.17) is 4.74 Å². The summed E-state index contributed by atoms with van der Waals surface area (Å²) in [6.07, 6.45) is 7.39. The van der Waals surface area contributed by atoms with Gasteiger partial charge in [0.15, 0.2) is 0 Å². The summed E-state index contributed by atoms with van der Waals surface area (Å²) in [7, 11) is 0. The second-order valence-corrected chi connectivity index (χ2v) is 7.57. The molecule has 0 aliphatic heterocycles. The molecular formula is C21H26O2. The second kappa shape index (κ2) is 5.67. The number of ether oxygens (including phenoxy) is 1. The van der Waals surface area contributed by atoms with E-state index in [1.165, 1.54) is 11.1 Å². The first-order chi connectivity index (χ1) is 10.9. The van der Waals surface area contributed by atoms with Crippen molar-refractivity contribution >= 4 is 5.97 Å². The molecule has 3 rings (SSSR count). The highest BCUT2D eigenvalue weighted by Crippen LogP contribution is 2.52. The number of hydrogen-bond donors (Lipinski definition) is 0. The van der Waals surface area contributed by atoms with Gasteiger partial charge in [-0.2, -0.15) is 0 Å². The van der Waals surface area contributed by atoms with Crippen LogP contribution in [0.15, 0.2) is 54.1 Å².